The zero-order valence-corrected chi connectivity index (χ0v) is 11.6. The summed E-state index contributed by atoms with van der Waals surface area (Å²) >= 11 is 6.08. The number of carboxylic acid groups (broad SMARTS) is 1. The van der Waals surface area contributed by atoms with E-state index < -0.39 is 5.97 Å². The van der Waals surface area contributed by atoms with Crippen LogP contribution in [0, 0.1) is 0 Å². The molecule has 0 aliphatic heterocycles. The van der Waals surface area contributed by atoms with Crippen LogP contribution < -0.4 is 0 Å². The van der Waals surface area contributed by atoms with Gasteiger partial charge in [-0.05, 0) is 31.7 Å². The van der Waals surface area contributed by atoms with Crippen LogP contribution in [-0.4, -0.2) is 42.8 Å². The lowest BCUT2D eigenvalue weighted by molar-refractivity contribution is 0.0697. The van der Waals surface area contributed by atoms with Gasteiger partial charge in [0.15, 0.2) is 0 Å². The van der Waals surface area contributed by atoms with Crippen LogP contribution in [0.3, 0.4) is 0 Å². The minimum atomic E-state index is -0.968. The van der Waals surface area contributed by atoms with Gasteiger partial charge in [0.2, 0.25) is 0 Å². The van der Waals surface area contributed by atoms with Crippen molar-refractivity contribution >= 4 is 17.6 Å². The number of hydrogen-bond donors (Lipinski definition) is 1. The lowest BCUT2D eigenvalue weighted by Crippen LogP contribution is -2.32. The summed E-state index contributed by atoms with van der Waals surface area (Å²) in [5.41, 5.74) is 1.11. The van der Waals surface area contributed by atoms with Gasteiger partial charge in [-0.3, -0.25) is 4.90 Å². The highest BCUT2D eigenvalue weighted by molar-refractivity contribution is 6.31. The molecule has 0 aliphatic carbocycles. The van der Waals surface area contributed by atoms with Crippen LogP contribution in [-0.2, 0) is 11.3 Å². The fourth-order valence-electron chi connectivity index (χ4n) is 1.60. The second-order valence-electron chi connectivity index (χ2n) is 4.33. The number of aromatic carboxylic acids is 1. The molecule has 100 valence electrons. The fraction of sp³-hybridized carbons (Fsp3) is 0.462. The van der Waals surface area contributed by atoms with E-state index >= 15 is 0 Å². The maximum atomic E-state index is 10.8. The van der Waals surface area contributed by atoms with Crippen LogP contribution >= 0.6 is 11.6 Å². The number of hydrogen-bond acceptors (Lipinski definition) is 3. The van der Waals surface area contributed by atoms with Crippen LogP contribution in [0.25, 0.3) is 0 Å². The molecule has 4 nitrogen and oxygen atoms in total. The Bertz CT molecular complexity index is 423. The molecular formula is C13H18ClNO3. The summed E-state index contributed by atoms with van der Waals surface area (Å²) in [6, 6.07) is 5.07. The van der Waals surface area contributed by atoms with Gasteiger partial charge < -0.3 is 9.84 Å². The average Bonchev–Trinajstić information content (AvgIpc) is 2.31. The van der Waals surface area contributed by atoms with Crippen molar-refractivity contribution in [3.05, 3.63) is 34.3 Å². The molecule has 1 N–H and O–H groups in total. The number of benzene rings is 1. The van der Waals surface area contributed by atoms with E-state index in [0.29, 0.717) is 18.2 Å². The molecule has 1 aromatic rings. The molecule has 1 atom stereocenters. The van der Waals surface area contributed by atoms with Crippen molar-refractivity contribution in [3.63, 3.8) is 0 Å². The minimum absolute atomic E-state index is 0.205. The first-order chi connectivity index (χ1) is 8.45. The molecule has 1 aromatic carbocycles. The van der Waals surface area contributed by atoms with E-state index in [-0.39, 0.29) is 11.6 Å². The van der Waals surface area contributed by atoms with Gasteiger partial charge in [0, 0.05) is 24.7 Å². The third-order valence-electron chi connectivity index (χ3n) is 2.88. The number of ether oxygens (including phenoxy) is 1. The highest BCUT2D eigenvalue weighted by Gasteiger charge is 2.12. The molecule has 0 aliphatic rings. The van der Waals surface area contributed by atoms with Crippen LogP contribution in [0.4, 0.5) is 0 Å². The molecule has 0 amide bonds. The molecule has 1 rings (SSSR count). The first kappa shape index (κ1) is 15.0. The summed E-state index contributed by atoms with van der Waals surface area (Å²) < 4.78 is 5.09. The van der Waals surface area contributed by atoms with Gasteiger partial charge in [0.25, 0.3) is 0 Å². The van der Waals surface area contributed by atoms with Gasteiger partial charge in [-0.15, -0.1) is 0 Å². The molecule has 0 bridgehead atoms. The van der Waals surface area contributed by atoms with E-state index in [0.717, 1.165) is 5.56 Å². The average molecular weight is 272 g/mol. The highest BCUT2D eigenvalue weighted by atomic mass is 35.5. The van der Waals surface area contributed by atoms with Gasteiger partial charge in [-0.1, -0.05) is 17.7 Å². The number of nitrogens with zero attached hydrogens (tertiary/aromatic N) is 1. The molecule has 1 unspecified atom stereocenters. The summed E-state index contributed by atoms with van der Waals surface area (Å²) in [7, 11) is 3.64. The summed E-state index contributed by atoms with van der Waals surface area (Å²) in [5.74, 6) is -0.968. The van der Waals surface area contributed by atoms with E-state index in [9.17, 15) is 4.79 Å². The summed E-state index contributed by atoms with van der Waals surface area (Å²) in [6.07, 6.45) is 0. The molecule has 0 aromatic heterocycles. The Kier molecular flexibility index (Phi) is 5.59. The normalized spacial score (nSPS) is 12.7. The lowest BCUT2D eigenvalue weighted by atomic mass is 10.1. The molecule has 0 spiro atoms. The van der Waals surface area contributed by atoms with Crippen molar-refractivity contribution in [1.29, 1.82) is 0 Å². The highest BCUT2D eigenvalue weighted by Crippen LogP contribution is 2.20. The Hall–Kier alpha value is -1.10. The second-order valence-corrected chi connectivity index (χ2v) is 4.74. The van der Waals surface area contributed by atoms with Crippen molar-refractivity contribution in [1.82, 2.24) is 4.90 Å². The van der Waals surface area contributed by atoms with Crippen molar-refractivity contribution in [2.75, 3.05) is 20.8 Å². The topological polar surface area (TPSA) is 49.8 Å². The number of carbonyl (C=O) groups is 1. The van der Waals surface area contributed by atoms with Gasteiger partial charge in [0.1, 0.15) is 0 Å². The number of carboxylic acids is 1. The largest absolute Gasteiger partial charge is 0.478 e. The zero-order chi connectivity index (χ0) is 13.7. The maximum absolute atomic E-state index is 10.8. The fourth-order valence-corrected chi connectivity index (χ4v) is 1.84. The van der Waals surface area contributed by atoms with Crippen LogP contribution in [0.15, 0.2) is 18.2 Å². The summed E-state index contributed by atoms with van der Waals surface area (Å²) in [6.45, 7) is 3.35. The molecule has 5 heteroatoms. The molecule has 0 saturated carbocycles. The Morgan fingerprint density at radius 1 is 1.56 bits per heavy atom. The van der Waals surface area contributed by atoms with Gasteiger partial charge in [-0.25, -0.2) is 4.79 Å². The molecular weight excluding hydrogens is 254 g/mol. The smallest absolute Gasteiger partial charge is 0.335 e. The Morgan fingerprint density at radius 2 is 2.22 bits per heavy atom. The van der Waals surface area contributed by atoms with Crippen LogP contribution in [0.2, 0.25) is 5.02 Å². The van der Waals surface area contributed by atoms with Crippen molar-refractivity contribution in [3.8, 4) is 0 Å². The SMILES string of the molecule is COCC(C)N(C)Cc1ccc(C(=O)O)cc1Cl. The molecule has 0 radical (unpaired) electrons. The standard InChI is InChI=1S/C13H18ClNO3/c1-9(8-18-3)15(2)7-11-5-4-10(13(16)17)6-12(11)14/h4-6,9H,7-8H2,1-3H3,(H,16,17). The number of rotatable bonds is 6. The number of methoxy groups -OCH3 is 1. The van der Waals surface area contributed by atoms with Crippen LogP contribution in [0.5, 0.6) is 0 Å². The molecule has 0 fully saturated rings. The maximum Gasteiger partial charge on any atom is 0.335 e. The van der Waals surface area contributed by atoms with E-state index in [4.69, 9.17) is 21.4 Å². The third-order valence-corrected chi connectivity index (χ3v) is 3.23. The van der Waals surface area contributed by atoms with Crippen molar-refractivity contribution in [2.45, 2.75) is 19.5 Å². The first-order valence-electron chi connectivity index (χ1n) is 5.66. The van der Waals surface area contributed by atoms with E-state index in [2.05, 4.69) is 11.8 Å². The summed E-state index contributed by atoms with van der Waals surface area (Å²) in [5, 5.41) is 9.33. The Labute approximate surface area is 112 Å². The summed E-state index contributed by atoms with van der Waals surface area (Å²) in [4.78, 5) is 12.9. The van der Waals surface area contributed by atoms with Gasteiger partial charge in [0.05, 0.1) is 12.2 Å². The van der Waals surface area contributed by atoms with E-state index in [1.807, 2.05) is 7.05 Å². The predicted octanol–water partition coefficient (Wildman–Crippen LogP) is 2.50. The van der Waals surface area contributed by atoms with Gasteiger partial charge >= 0.3 is 5.97 Å². The van der Waals surface area contributed by atoms with Crippen molar-refractivity contribution < 1.29 is 14.6 Å². The lowest BCUT2D eigenvalue weighted by Gasteiger charge is -2.24. The number of halogens is 1. The molecule has 0 saturated heterocycles. The first-order valence-corrected chi connectivity index (χ1v) is 6.04. The Morgan fingerprint density at radius 3 is 2.72 bits per heavy atom. The second kappa shape index (κ2) is 6.73. The predicted molar refractivity (Wildman–Crippen MR) is 71.2 cm³/mol. The van der Waals surface area contributed by atoms with Gasteiger partial charge in [-0.2, -0.15) is 0 Å². The quantitative estimate of drug-likeness (QED) is 0.864. The molecule has 0 heterocycles. The van der Waals surface area contributed by atoms with Crippen LogP contribution in [0.1, 0.15) is 22.8 Å². The van der Waals surface area contributed by atoms with E-state index in [1.54, 1.807) is 19.2 Å². The zero-order valence-electron chi connectivity index (χ0n) is 10.8. The third kappa shape index (κ3) is 3.98. The van der Waals surface area contributed by atoms with Crippen molar-refractivity contribution in [2.24, 2.45) is 0 Å². The number of likely N-dealkylation sites (N-methyl/N-ethyl adjacent to an activating group) is 1. The minimum Gasteiger partial charge on any atom is -0.478 e. The van der Waals surface area contributed by atoms with E-state index in [1.165, 1.54) is 6.07 Å². The molecule has 18 heavy (non-hydrogen) atoms. The monoisotopic (exact) mass is 271 g/mol. The Balaban J connectivity index is 2.76.